The zero-order valence-corrected chi connectivity index (χ0v) is 19.7. The van der Waals surface area contributed by atoms with E-state index in [0.717, 1.165) is 0 Å². The number of hydrogen-bond acceptors (Lipinski definition) is 0. The normalized spacial score (nSPS) is 12.9. The highest BCUT2D eigenvalue weighted by Crippen LogP contribution is 2.30. The van der Waals surface area contributed by atoms with Crippen LogP contribution in [0, 0.1) is 0 Å². The maximum absolute atomic E-state index is 2.49. The van der Waals surface area contributed by atoms with Gasteiger partial charge in [0.15, 0.2) is 0 Å². The summed E-state index contributed by atoms with van der Waals surface area (Å²) in [7, 11) is -2.82. The van der Waals surface area contributed by atoms with Gasteiger partial charge in [-0.25, -0.2) is 0 Å². The molecular formula is C24H34Si2. The molecule has 0 aliphatic rings. The van der Waals surface area contributed by atoms with E-state index in [2.05, 4.69) is 88.7 Å². The minimum Gasteiger partial charge on any atom is -0.0656 e. The summed E-state index contributed by atoms with van der Waals surface area (Å²) in [4.78, 5) is 0. The Morgan fingerprint density at radius 3 is 1.54 bits per heavy atom. The van der Waals surface area contributed by atoms with Crippen LogP contribution >= 0.6 is 0 Å². The van der Waals surface area contributed by atoms with Crippen molar-refractivity contribution in [1.29, 1.82) is 0 Å². The van der Waals surface area contributed by atoms with Crippen molar-refractivity contribution in [2.24, 2.45) is 0 Å². The Hall–Kier alpha value is -1.39. The lowest BCUT2D eigenvalue weighted by atomic mass is 9.93. The van der Waals surface area contributed by atoms with E-state index in [-0.39, 0.29) is 0 Å². The molecule has 138 valence electrons. The van der Waals surface area contributed by atoms with Crippen LogP contribution < -0.4 is 10.4 Å². The van der Waals surface area contributed by atoms with Crippen LogP contribution in [0.1, 0.15) is 25.3 Å². The van der Waals surface area contributed by atoms with Gasteiger partial charge < -0.3 is 0 Å². The summed E-state index contributed by atoms with van der Waals surface area (Å²) in [5.41, 5.74) is 1.63. The molecule has 0 aliphatic carbocycles. The largest absolute Gasteiger partial charge is 0.0784 e. The van der Waals surface area contributed by atoms with Gasteiger partial charge in [-0.1, -0.05) is 99.4 Å². The minimum absolute atomic E-state index is 1.20. The fourth-order valence-electron chi connectivity index (χ4n) is 4.20. The minimum atomic E-state index is -1.41. The standard InChI is InChI=1S/C24H34Si2/c1-8-9-14-20-23-18(12-10-15-21(23)25(2,3)4)17-19-13-11-16-22(24(19)20)26(5,6)7/h10-13,15-17H,8-9,14H2,1-7H3. The molecule has 0 heterocycles. The van der Waals surface area contributed by atoms with Gasteiger partial charge in [-0.05, 0) is 46.0 Å². The molecule has 0 amide bonds. The van der Waals surface area contributed by atoms with Crippen LogP contribution in [0.2, 0.25) is 39.3 Å². The molecule has 0 radical (unpaired) electrons. The summed E-state index contributed by atoms with van der Waals surface area (Å²) >= 11 is 0. The van der Waals surface area contributed by atoms with E-state index in [1.165, 1.54) is 30.0 Å². The Bertz CT molecular complexity index is 868. The van der Waals surface area contributed by atoms with Crippen molar-refractivity contribution in [3.05, 3.63) is 48.0 Å². The lowest BCUT2D eigenvalue weighted by Gasteiger charge is -2.26. The second kappa shape index (κ2) is 6.97. The topological polar surface area (TPSA) is 0 Å². The van der Waals surface area contributed by atoms with Gasteiger partial charge in [0.2, 0.25) is 0 Å². The number of aryl methyl sites for hydroxylation is 1. The Labute approximate surface area is 161 Å². The Morgan fingerprint density at radius 2 is 1.15 bits per heavy atom. The van der Waals surface area contributed by atoms with E-state index >= 15 is 0 Å². The van der Waals surface area contributed by atoms with Crippen molar-refractivity contribution in [3.8, 4) is 0 Å². The molecule has 0 fully saturated rings. The highest BCUT2D eigenvalue weighted by molar-refractivity contribution is 6.91. The predicted octanol–water partition coefficient (Wildman–Crippen LogP) is 6.43. The first-order chi connectivity index (χ1) is 12.1. The zero-order chi connectivity index (χ0) is 19.1. The van der Waals surface area contributed by atoms with Crippen LogP contribution in [0.5, 0.6) is 0 Å². The van der Waals surface area contributed by atoms with Crippen molar-refractivity contribution >= 4 is 48.1 Å². The molecule has 26 heavy (non-hydrogen) atoms. The molecule has 0 nitrogen and oxygen atoms in total. The summed E-state index contributed by atoms with van der Waals surface area (Å²) < 4.78 is 0. The molecule has 0 saturated heterocycles. The predicted molar refractivity (Wildman–Crippen MR) is 126 cm³/mol. The van der Waals surface area contributed by atoms with E-state index in [4.69, 9.17) is 0 Å². The third-order valence-electron chi connectivity index (χ3n) is 5.50. The molecule has 0 atom stereocenters. The highest BCUT2D eigenvalue weighted by Gasteiger charge is 2.25. The number of unbranched alkanes of at least 4 members (excludes halogenated alkanes) is 1. The molecule has 3 aromatic rings. The van der Waals surface area contributed by atoms with Gasteiger partial charge in [-0.15, -0.1) is 0 Å². The maximum Gasteiger partial charge on any atom is 0.0784 e. The third kappa shape index (κ3) is 3.54. The zero-order valence-electron chi connectivity index (χ0n) is 17.7. The Balaban J connectivity index is 2.53. The van der Waals surface area contributed by atoms with Crippen LogP contribution in [0.4, 0.5) is 0 Å². The van der Waals surface area contributed by atoms with E-state index in [0.29, 0.717) is 0 Å². The molecule has 0 spiro atoms. The van der Waals surface area contributed by atoms with Crippen LogP contribution in [-0.2, 0) is 6.42 Å². The van der Waals surface area contributed by atoms with Gasteiger partial charge in [-0.3, -0.25) is 0 Å². The van der Waals surface area contributed by atoms with Gasteiger partial charge in [-0.2, -0.15) is 0 Å². The van der Waals surface area contributed by atoms with E-state index in [1.54, 1.807) is 26.7 Å². The van der Waals surface area contributed by atoms with Gasteiger partial charge in [0, 0.05) is 0 Å². The van der Waals surface area contributed by atoms with E-state index in [1.807, 2.05) is 0 Å². The van der Waals surface area contributed by atoms with Crippen molar-refractivity contribution in [3.63, 3.8) is 0 Å². The lowest BCUT2D eigenvalue weighted by molar-refractivity contribution is 0.803. The summed E-state index contributed by atoms with van der Waals surface area (Å²) in [6.45, 7) is 17.2. The first-order valence-electron chi connectivity index (χ1n) is 10.1. The molecule has 0 unspecified atom stereocenters. The Kier molecular flexibility index (Phi) is 5.20. The molecule has 3 rings (SSSR count). The second-order valence-electron chi connectivity index (χ2n) is 9.77. The molecule has 3 aromatic carbocycles. The number of benzene rings is 3. The Morgan fingerprint density at radius 1 is 0.692 bits per heavy atom. The molecule has 0 saturated carbocycles. The molecule has 0 N–H and O–H groups in total. The van der Waals surface area contributed by atoms with E-state index in [9.17, 15) is 0 Å². The third-order valence-corrected chi connectivity index (χ3v) is 9.57. The first kappa shape index (κ1) is 19.4. The second-order valence-corrected chi connectivity index (χ2v) is 19.8. The fraction of sp³-hybridized carbons (Fsp3) is 0.417. The summed E-state index contributed by atoms with van der Waals surface area (Å²) in [5.74, 6) is 0. The van der Waals surface area contributed by atoms with Crippen LogP contribution in [0.3, 0.4) is 0 Å². The molecule has 0 bridgehead atoms. The highest BCUT2D eigenvalue weighted by atomic mass is 28.3. The average Bonchev–Trinajstić information content (AvgIpc) is 2.55. The van der Waals surface area contributed by atoms with Crippen molar-refractivity contribution in [1.82, 2.24) is 0 Å². The number of fused-ring (bicyclic) bond motifs is 2. The first-order valence-corrected chi connectivity index (χ1v) is 17.1. The fourth-order valence-corrected chi connectivity index (χ4v) is 7.48. The van der Waals surface area contributed by atoms with Crippen LogP contribution in [-0.4, -0.2) is 16.1 Å². The lowest BCUT2D eigenvalue weighted by Crippen LogP contribution is -2.40. The molecule has 0 aliphatic heterocycles. The van der Waals surface area contributed by atoms with Gasteiger partial charge in [0.05, 0.1) is 16.1 Å². The van der Waals surface area contributed by atoms with Gasteiger partial charge in [0.25, 0.3) is 0 Å². The van der Waals surface area contributed by atoms with Crippen molar-refractivity contribution < 1.29 is 0 Å². The van der Waals surface area contributed by atoms with Crippen molar-refractivity contribution in [2.75, 3.05) is 0 Å². The molecular weight excluding hydrogens is 344 g/mol. The van der Waals surface area contributed by atoms with Crippen molar-refractivity contribution in [2.45, 2.75) is 65.5 Å². The molecule has 0 aromatic heterocycles. The summed E-state index contributed by atoms with van der Waals surface area (Å²) in [5, 5.41) is 9.31. The summed E-state index contributed by atoms with van der Waals surface area (Å²) in [6.07, 6.45) is 3.73. The van der Waals surface area contributed by atoms with Gasteiger partial charge in [0.1, 0.15) is 0 Å². The molecule has 2 heteroatoms. The van der Waals surface area contributed by atoms with Gasteiger partial charge >= 0.3 is 0 Å². The van der Waals surface area contributed by atoms with Crippen LogP contribution in [0.15, 0.2) is 42.5 Å². The number of rotatable bonds is 5. The SMILES string of the molecule is CCCCc1c2c([Si](C)(C)C)cccc2cc2cccc([Si](C)(C)C)c12. The van der Waals surface area contributed by atoms with Crippen LogP contribution in [0.25, 0.3) is 21.5 Å². The smallest absolute Gasteiger partial charge is 0.0656 e. The maximum atomic E-state index is 2.49. The number of hydrogen-bond donors (Lipinski definition) is 0. The summed E-state index contributed by atoms with van der Waals surface area (Å²) in [6, 6.07) is 16.5. The monoisotopic (exact) mass is 378 g/mol. The quantitative estimate of drug-likeness (QED) is 0.354. The van der Waals surface area contributed by atoms with E-state index < -0.39 is 16.1 Å². The average molecular weight is 379 g/mol.